The Morgan fingerprint density at radius 3 is 1.87 bits per heavy atom. The summed E-state index contributed by atoms with van der Waals surface area (Å²) in [7, 11) is 0. The van der Waals surface area contributed by atoms with Crippen molar-refractivity contribution in [3.8, 4) is 0 Å². The number of rotatable bonds is 8. The lowest BCUT2D eigenvalue weighted by molar-refractivity contribution is 1.15. The number of allylic oxidation sites excluding steroid dienone is 7. The van der Waals surface area contributed by atoms with Crippen LogP contribution in [-0.4, -0.2) is 0 Å². The molecule has 0 atom stereocenters. The zero-order valence-electron chi connectivity index (χ0n) is 13.3. The minimum absolute atomic E-state index is 0.649. The van der Waals surface area contributed by atoms with E-state index in [9.17, 15) is 0 Å². The quantitative estimate of drug-likeness (QED) is 0.376. The fraction of sp³-hybridized carbons (Fsp3) is 0.0526. The first kappa shape index (κ1) is 17.9. The van der Waals surface area contributed by atoms with Crippen LogP contribution in [0.5, 0.6) is 0 Å². The largest absolute Gasteiger partial charge is 0.151 e. The summed E-state index contributed by atoms with van der Waals surface area (Å²) in [5.74, 6) is 0. The summed E-state index contributed by atoms with van der Waals surface area (Å²) < 4.78 is 0. The lowest BCUT2D eigenvalue weighted by Crippen LogP contribution is -1.70. The van der Waals surface area contributed by atoms with E-state index in [1.54, 1.807) is 24.3 Å². The van der Waals surface area contributed by atoms with Gasteiger partial charge in [-0.05, 0) is 49.4 Å². The second-order valence-electron chi connectivity index (χ2n) is 4.26. The Hall–Kier alpha value is -3.14. The summed E-state index contributed by atoms with van der Waals surface area (Å²) in [5.41, 5.74) is 2.87. The molecule has 23 heavy (non-hydrogen) atoms. The maximum atomic E-state index is 4.17. The third-order valence-electron chi connectivity index (χ3n) is 2.61. The van der Waals surface area contributed by atoms with Gasteiger partial charge >= 0.3 is 0 Å². The predicted molar refractivity (Wildman–Crippen MR) is 97.0 cm³/mol. The van der Waals surface area contributed by atoms with Gasteiger partial charge in [-0.1, -0.05) is 44.0 Å². The van der Waals surface area contributed by atoms with Gasteiger partial charge in [-0.25, -0.2) is 0 Å². The van der Waals surface area contributed by atoms with Gasteiger partial charge in [-0.15, -0.1) is 0 Å². The second-order valence-corrected chi connectivity index (χ2v) is 4.26. The highest BCUT2D eigenvalue weighted by Gasteiger charge is 1.93. The van der Waals surface area contributed by atoms with Gasteiger partial charge in [-0.2, -0.15) is 20.5 Å². The van der Waals surface area contributed by atoms with Gasteiger partial charge in [0.05, 0.1) is 22.8 Å². The highest BCUT2D eigenvalue weighted by atomic mass is 15.1. The van der Waals surface area contributed by atoms with Crippen molar-refractivity contribution >= 4 is 11.4 Å². The molecule has 0 amide bonds. The van der Waals surface area contributed by atoms with Crippen molar-refractivity contribution in [3.05, 3.63) is 97.9 Å². The van der Waals surface area contributed by atoms with Crippen molar-refractivity contribution in [3.63, 3.8) is 0 Å². The van der Waals surface area contributed by atoms with Crippen molar-refractivity contribution in [1.29, 1.82) is 0 Å². The first-order chi connectivity index (χ1) is 11.2. The molecule has 0 N–H and O–H groups in total. The topological polar surface area (TPSA) is 49.4 Å². The van der Waals surface area contributed by atoms with Gasteiger partial charge in [0, 0.05) is 0 Å². The molecule has 1 rings (SSSR count). The Balaban J connectivity index is 2.80. The number of benzene rings is 1. The molecule has 0 aliphatic rings. The SMILES string of the molecule is C=C/C=C\C(=C/C)N=Nc1ccc(N=N/C(C=C)=C/C=C)cc1. The van der Waals surface area contributed by atoms with Crippen LogP contribution in [0.2, 0.25) is 0 Å². The van der Waals surface area contributed by atoms with Gasteiger partial charge < -0.3 is 0 Å². The molecule has 0 heterocycles. The average molecular weight is 304 g/mol. The molecule has 0 saturated heterocycles. The first-order valence-corrected chi connectivity index (χ1v) is 7.07. The molecule has 0 saturated carbocycles. The lowest BCUT2D eigenvalue weighted by atomic mass is 10.3. The Kier molecular flexibility index (Phi) is 8.23. The monoisotopic (exact) mass is 304 g/mol. The number of nitrogens with zero attached hydrogens (tertiary/aromatic N) is 4. The maximum Gasteiger partial charge on any atom is 0.0858 e. The zero-order valence-corrected chi connectivity index (χ0v) is 13.3. The van der Waals surface area contributed by atoms with Crippen LogP contribution < -0.4 is 0 Å². The maximum absolute atomic E-state index is 4.17. The van der Waals surface area contributed by atoms with Gasteiger partial charge in [0.2, 0.25) is 0 Å². The van der Waals surface area contributed by atoms with Crippen molar-refractivity contribution < 1.29 is 0 Å². The van der Waals surface area contributed by atoms with Crippen LogP contribution in [0.3, 0.4) is 0 Å². The Labute approximate surface area is 137 Å². The number of hydrogen-bond acceptors (Lipinski definition) is 4. The summed E-state index contributed by atoms with van der Waals surface area (Å²) in [6, 6.07) is 7.29. The minimum Gasteiger partial charge on any atom is -0.151 e. The van der Waals surface area contributed by atoms with Crippen molar-refractivity contribution in [2.75, 3.05) is 0 Å². The summed E-state index contributed by atoms with van der Waals surface area (Å²) in [4.78, 5) is 0. The summed E-state index contributed by atoms with van der Waals surface area (Å²) >= 11 is 0. The molecule has 0 unspecified atom stereocenters. The highest BCUT2D eigenvalue weighted by Crippen LogP contribution is 2.20. The molecular formula is C19H20N4. The van der Waals surface area contributed by atoms with Crippen LogP contribution in [0.15, 0.2) is 118 Å². The molecule has 116 valence electrons. The van der Waals surface area contributed by atoms with Crippen LogP contribution >= 0.6 is 0 Å². The lowest BCUT2D eigenvalue weighted by Gasteiger charge is -1.95. The standard InChI is InChI=1S/C19H20N4/c1-5-9-11-17(8-4)21-23-19-14-12-18(13-15-19)22-20-16(7-3)10-6-2/h5-15H,1-3H2,4H3/b11-9-,16-10+,17-8+,22-20?,23-21?. The normalized spacial score (nSPS) is 13.1. The van der Waals surface area contributed by atoms with E-state index >= 15 is 0 Å². The number of azo groups is 2. The van der Waals surface area contributed by atoms with Crippen molar-refractivity contribution in [2.24, 2.45) is 20.5 Å². The van der Waals surface area contributed by atoms with E-state index < -0.39 is 0 Å². The van der Waals surface area contributed by atoms with Gasteiger partial charge in [0.15, 0.2) is 0 Å². The fourth-order valence-corrected chi connectivity index (χ4v) is 1.43. The van der Waals surface area contributed by atoms with Crippen molar-refractivity contribution in [2.45, 2.75) is 6.92 Å². The zero-order chi connectivity index (χ0) is 16.9. The Morgan fingerprint density at radius 1 is 0.870 bits per heavy atom. The predicted octanol–water partition coefficient (Wildman–Crippen LogP) is 6.76. The van der Waals surface area contributed by atoms with Crippen LogP contribution in [0.25, 0.3) is 0 Å². The Morgan fingerprint density at radius 2 is 1.43 bits per heavy atom. The summed E-state index contributed by atoms with van der Waals surface area (Å²) in [5, 5.41) is 16.5. The van der Waals surface area contributed by atoms with Crippen LogP contribution in [0, 0.1) is 0 Å². The second kappa shape index (κ2) is 10.6. The first-order valence-electron chi connectivity index (χ1n) is 7.07. The fourth-order valence-electron chi connectivity index (χ4n) is 1.43. The minimum atomic E-state index is 0.649. The molecule has 0 aliphatic carbocycles. The summed E-state index contributed by atoms with van der Waals surface area (Å²) in [6.45, 7) is 12.8. The van der Waals surface area contributed by atoms with E-state index in [2.05, 4.69) is 40.2 Å². The number of hydrogen-bond donors (Lipinski definition) is 0. The van der Waals surface area contributed by atoms with E-state index in [-0.39, 0.29) is 0 Å². The molecule has 1 aromatic carbocycles. The van der Waals surface area contributed by atoms with Crippen molar-refractivity contribution in [1.82, 2.24) is 0 Å². The average Bonchev–Trinajstić information content (AvgIpc) is 2.59. The van der Waals surface area contributed by atoms with Crippen LogP contribution in [0.4, 0.5) is 11.4 Å². The molecule has 0 fully saturated rings. The van der Waals surface area contributed by atoms with Crippen LogP contribution in [-0.2, 0) is 0 Å². The molecule has 0 aromatic heterocycles. The van der Waals surface area contributed by atoms with E-state index in [1.165, 1.54) is 0 Å². The molecule has 0 aliphatic heterocycles. The highest BCUT2D eigenvalue weighted by molar-refractivity contribution is 5.47. The molecule has 0 bridgehead atoms. The summed E-state index contributed by atoms with van der Waals surface area (Å²) in [6.07, 6.45) is 12.2. The van der Waals surface area contributed by atoms with Gasteiger partial charge in [0.25, 0.3) is 0 Å². The van der Waals surface area contributed by atoms with Crippen LogP contribution in [0.1, 0.15) is 6.92 Å². The molecule has 4 heteroatoms. The van der Waals surface area contributed by atoms with E-state index in [0.29, 0.717) is 5.70 Å². The van der Waals surface area contributed by atoms with E-state index in [0.717, 1.165) is 17.1 Å². The third kappa shape index (κ3) is 6.91. The van der Waals surface area contributed by atoms with E-state index in [1.807, 2.05) is 49.4 Å². The molecule has 1 aromatic rings. The molecule has 0 spiro atoms. The van der Waals surface area contributed by atoms with Gasteiger partial charge in [-0.3, -0.25) is 0 Å². The molecule has 4 nitrogen and oxygen atoms in total. The molecular weight excluding hydrogens is 284 g/mol. The van der Waals surface area contributed by atoms with Gasteiger partial charge in [0.1, 0.15) is 0 Å². The Bertz CT molecular complexity index is 687. The molecule has 0 radical (unpaired) electrons. The van der Waals surface area contributed by atoms with E-state index in [4.69, 9.17) is 0 Å². The third-order valence-corrected chi connectivity index (χ3v) is 2.61. The smallest absolute Gasteiger partial charge is 0.0858 e.